The minimum Gasteiger partial charge on any atom is -0.359 e. The number of benzene rings is 4. The molecule has 0 fully saturated rings. The lowest BCUT2D eigenvalue weighted by Crippen LogP contribution is -2.06. The number of rotatable bonds is 5. The fourth-order valence-corrected chi connectivity index (χ4v) is 8.14. The molecule has 0 saturated carbocycles. The molecule has 2 aliphatic rings. The number of allylic oxidation sites excluding steroid dienone is 5. The third-order valence-electron chi connectivity index (χ3n) is 9.42. The Morgan fingerprint density at radius 2 is 1.35 bits per heavy atom. The standard InChI is InChI=1S/C40H37NS2/c1-24-25(2)39(27(4)40(42)26(24)3)31-15-20-34(21-16-31)41-33-18-13-29(14-19-33)28-9-11-30(12-10-28)32-17-22-38-36(23-32)35-7-5-6-8-37(35)43-38/h5,7,9-15,17-20,22-23,41-42H,6,8,16,21H2,1-4H3. The van der Waals surface area contributed by atoms with Crippen LogP contribution in [0.2, 0.25) is 0 Å². The number of thiophene rings is 1. The first-order valence-corrected chi connectivity index (χ1v) is 16.5. The van der Waals surface area contributed by atoms with E-state index in [4.69, 9.17) is 12.6 Å². The van der Waals surface area contributed by atoms with E-state index in [0.29, 0.717) is 0 Å². The summed E-state index contributed by atoms with van der Waals surface area (Å²) in [6.45, 7) is 8.84. The van der Waals surface area contributed by atoms with Crippen LogP contribution in [0.15, 0.2) is 95.6 Å². The molecule has 1 heterocycles. The maximum absolute atomic E-state index is 4.82. The number of nitrogens with one attached hydrogen (secondary N) is 1. The molecule has 7 rings (SSSR count). The summed E-state index contributed by atoms with van der Waals surface area (Å²) in [7, 11) is 0. The SMILES string of the molecule is Cc1c(C)c(S)c(C)c(C2=CC=C(Nc3ccc(-c4ccc(-c5ccc6sc7c(c6c5)C=CCC7)cc4)cc3)CC2)c1C. The molecular formula is C40H37NS2. The van der Waals surface area contributed by atoms with Crippen molar-refractivity contribution >= 4 is 51.4 Å². The summed E-state index contributed by atoms with van der Waals surface area (Å²) in [6.07, 6.45) is 13.5. The van der Waals surface area contributed by atoms with Crippen molar-refractivity contribution in [1.29, 1.82) is 0 Å². The van der Waals surface area contributed by atoms with Crippen molar-refractivity contribution in [1.82, 2.24) is 0 Å². The fraction of sp³-hybridized carbons (Fsp3) is 0.200. The molecule has 0 radical (unpaired) electrons. The maximum Gasteiger partial charge on any atom is 0.0382 e. The molecule has 0 saturated heterocycles. The topological polar surface area (TPSA) is 12.0 Å². The molecule has 5 aromatic rings. The first-order valence-electron chi connectivity index (χ1n) is 15.3. The van der Waals surface area contributed by atoms with Crippen molar-refractivity contribution in [3.63, 3.8) is 0 Å². The van der Waals surface area contributed by atoms with Gasteiger partial charge in [0.15, 0.2) is 0 Å². The minimum atomic E-state index is 0.999. The molecule has 0 amide bonds. The third kappa shape index (κ3) is 5.19. The Bertz CT molecular complexity index is 1940. The lowest BCUT2D eigenvalue weighted by atomic mass is 9.86. The summed E-state index contributed by atoms with van der Waals surface area (Å²) in [4.78, 5) is 2.65. The molecule has 214 valence electrons. The van der Waals surface area contributed by atoms with Crippen LogP contribution < -0.4 is 5.32 Å². The number of anilines is 1. The van der Waals surface area contributed by atoms with E-state index in [-0.39, 0.29) is 0 Å². The summed E-state index contributed by atoms with van der Waals surface area (Å²) in [5, 5.41) is 5.05. The minimum absolute atomic E-state index is 0.999. The van der Waals surface area contributed by atoms with Crippen LogP contribution in [0.3, 0.4) is 0 Å². The molecule has 0 unspecified atom stereocenters. The van der Waals surface area contributed by atoms with Gasteiger partial charge in [-0.1, -0.05) is 60.7 Å². The zero-order chi connectivity index (χ0) is 29.7. The summed E-state index contributed by atoms with van der Waals surface area (Å²) in [6, 6.07) is 24.7. The van der Waals surface area contributed by atoms with Crippen LogP contribution in [0, 0.1) is 27.7 Å². The lowest BCUT2D eigenvalue weighted by Gasteiger charge is -2.23. The Morgan fingerprint density at radius 3 is 2.05 bits per heavy atom. The monoisotopic (exact) mass is 595 g/mol. The van der Waals surface area contributed by atoms with Gasteiger partial charge in [0.05, 0.1) is 0 Å². The van der Waals surface area contributed by atoms with Crippen LogP contribution in [0.25, 0.3) is 44.0 Å². The average Bonchev–Trinajstić information content (AvgIpc) is 3.42. The molecule has 3 heteroatoms. The quantitative estimate of drug-likeness (QED) is 0.193. The number of thiol groups is 1. The van der Waals surface area contributed by atoms with Crippen molar-refractivity contribution in [2.45, 2.75) is 58.3 Å². The molecule has 1 nitrogen and oxygen atoms in total. The largest absolute Gasteiger partial charge is 0.359 e. The molecule has 0 spiro atoms. The van der Waals surface area contributed by atoms with Gasteiger partial charge in [-0.15, -0.1) is 24.0 Å². The van der Waals surface area contributed by atoms with Crippen LogP contribution in [0.4, 0.5) is 5.69 Å². The van der Waals surface area contributed by atoms with Crippen molar-refractivity contribution in [2.24, 2.45) is 0 Å². The maximum atomic E-state index is 4.82. The van der Waals surface area contributed by atoms with E-state index in [1.165, 1.54) is 88.3 Å². The first-order chi connectivity index (χ1) is 20.9. The number of hydrogen-bond acceptors (Lipinski definition) is 3. The van der Waals surface area contributed by atoms with Crippen molar-refractivity contribution in [3.05, 3.63) is 129 Å². The molecule has 4 aromatic carbocycles. The van der Waals surface area contributed by atoms with Gasteiger partial charge in [-0.25, -0.2) is 0 Å². The zero-order valence-electron chi connectivity index (χ0n) is 25.3. The summed E-state index contributed by atoms with van der Waals surface area (Å²) in [5.74, 6) is 0. The predicted octanol–water partition coefficient (Wildman–Crippen LogP) is 11.9. The molecule has 2 aliphatic carbocycles. The molecule has 0 aliphatic heterocycles. The number of aryl methyl sites for hydroxylation is 1. The number of fused-ring (bicyclic) bond motifs is 3. The smallest absolute Gasteiger partial charge is 0.0382 e. The van der Waals surface area contributed by atoms with E-state index in [2.05, 4.69) is 124 Å². The Labute approximate surface area is 265 Å². The molecule has 0 atom stereocenters. The highest BCUT2D eigenvalue weighted by atomic mass is 32.1. The van der Waals surface area contributed by atoms with Gasteiger partial charge >= 0.3 is 0 Å². The van der Waals surface area contributed by atoms with E-state index in [1.807, 2.05) is 11.3 Å². The Balaban J connectivity index is 1.06. The van der Waals surface area contributed by atoms with Gasteiger partial charge in [0, 0.05) is 31.2 Å². The van der Waals surface area contributed by atoms with Crippen molar-refractivity contribution in [2.75, 3.05) is 5.32 Å². The third-order valence-corrected chi connectivity index (χ3v) is 11.3. The number of hydrogen-bond donors (Lipinski definition) is 2. The van der Waals surface area contributed by atoms with Gasteiger partial charge in [0.2, 0.25) is 0 Å². The molecular weight excluding hydrogens is 559 g/mol. The average molecular weight is 596 g/mol. The van der Waals surface area contributed by atoms with Crippen LogP contribution in [-0.4, -0.2) is 0 Å². The van der Waals surface area contributed by atoms with Gasteiger partial charge in [-0.05, 0) is 145 Å². The predicted molar refractivity (Wildman–Crippen MR) is 192 cm³/mol. The second-order valence-electron chi connectivity index (χ2n) is 12.0. The van der Waals surface area contributed by atoms with Gasteiger partial charge in [-0.3, -0.25) is 0 Å². The van der Waals surface area contributed by atoms with Gasteiger partial charge in [0.25, 0.3) is 0 Å². The highest BCUT2D eigenvalue weighted by Crippen LogP contribution is 2.39. The van der Waals surface area contributed by atoms with Crippen LogP contribution in [0.1, 0.15) is 57.5 Å². The van der Waals surface area contributed by atoms with Gasteiger partial charge in [-0.2, -0.15) is 0 Å². The fourth-order valence-electron chi connectivity index (χ4n) is 6.68. The zero-order valence-corrected chi connectivity index (χ0v) is 27.1. The molecule has 43 heavy (non-hydrogen) atoms. The van der Waals surface area contributed by atoms with E-state index in [9.17, 15) is 0 Å². The summed E-state index contributed by atoms with van der Waals surface area (Å²) in [5.41, 5.74) is 16.9. The Morgan fingerprint density at radius 1 is 0.674 bits per heavy atom. The highest BCUT2D eigenvalue weighted by molar-refractivity contribution is 7.80. The van der Waals surface area contributed by atoms with E-state index >= 15 is 0 Å². The molecule has 0 bridgehead atoms. The molecule has 1 N–H and O–H groups in total. The lowest BCUT2D eigenvalue weighted by molar-refractivity contribution is 0.972. The molecule has 1 aromatic heterocycles. The Kier molecular flexibility index (Phi) is 7.41. The first kappa shape index (κ1) is 28.0. The normalized spacial score (nSPS) is 14.4. The Hall–Kier alpha value is -3.79. The van der Waals surface area contributed by atoms with Crippen molar-refractivity contribution in [3.8, 4) is 22.3 Å². The second kappa shape index (κ2) is 11.4. The van der Waals surface area contributed by atoms with Gasteiger partial charge < -0.3 is 5.32 Å². The summed E-state index contributed by atoms with van der Waals surface area (Å²) < 4.78 is 1.39. The second-order valence-corrected chi connectivity index (χ2v) is 13.6. The van der Waals surface area contributed by atoms with Crippen LogP contribution >= 0.6 is 24.0 Å². The van der Waals surface area contributed by atoms with E-state index < -0.39 is 0 Å². The van der Waals surface area contributed by atoms with Crippen molar-refractivity contribution < 1.29 is 0 Å². The summed E-state index contributed by atoms with van der Waals surface area (Å²) >= 11 is 6.78. The van der Waals surface area contributed by atoms with Crippen LogP contribution in [-0.2, 0) is 6.42 Å². The van der Waals surface area contributed by atoms with E-state index in [1.54, 1.807) is 0 Å². The van der Waals surface area contributed by atoms with Gasteiger partial charge in [0.1, 0.15) is 0 Å². The van der Waals surface area contributed by atoms with E-state index in [0.717, 1.165) is 29.8 Å². The van der Waals surface area contributed by atoms with Crippen LogP contribution in [0.5, 0.6) is 0 Å². The highest BCUT2D eigenvalue weighted by Gasteiger charge is 2.18.